The van der Waals surface area contributed by atoms with Gasteiger partial charge in [0.1, 0.15) is 17.3 Å². The standard InChI is InChI=1S/C26H22FN3O8/c1-35-22-11-15(6-8-20(22)37-14-23(31)28-17-5-3-4-16(27)12-17)10-19-24(32)30(26(34)29-19)13-18-7-9-21(38-18)25(33)36-2/h3-12H,13-14H2,1-2H3,(H,28,31)(H,29,34)/b19-10-. The van der Waals surface area contributed by atoms with Crippen molar-refractivity contribution in [1.82, 2.24) is 10.2 Å². The lowest BCUT2D eigenvalue weighted by atomic mass is 10.1. The van der Waals surface area contributed by atoms with Gasteiger partial charge in [-0.05, 0) is 54.1 Å². The maximum absolute atomic E-state index is 13.3. The van der Waals surface area contributed by atoms with Crippen LogP contribution in [-0.2, 0) is 20.9 Å². The van der Waals surface area contributed by atoms with E-state index in [2.05, 4.69) is 15.4 Å². The second-order valence-corrected chi connectivity index (χ2v) is 7.89. The highest BCUT2D eigenvalue weighted by Gasteiger charge is 2.34. The maximum atomic E-state index is 13.3. The number of hydrogen-bond acceptors (Lipinski definition) is 8. The Bertz CT molecular complexity index is 1430. The number of rotatable bonds is 9. The first-order chi connectivity index (χ1) is 18.3. The Hall–Kier alpha value is -5.13. The average Bonchev–Trinajstić information content (AvgIpc) is 3.47. The maximum Gasteiger partial charge on any atom is 0.373 e. The van der Waals surface area contributed by atoms with Crippen LogP contribution in [0, 0.1) is 5.82 Å². The topological polar surface area (TPSA) is 136 Å². The molecule has 0 spiro atoms. The number of imide groups is 1. The summed E-state index contributed by atoms with van der Waals surface area (Å²) >= 11 is 0. The van der Waals surface area contributed by atoms with Crippen molar-refractivity contribution in [2.24, 2.45) is 0 Å². The Morgan fingerprint density at radius 1 is 1.08 bits per heavy atom. The molecule has 3 aromatic rings. The third-order valence-electron chi connectivity index (χ3n) is 5.29. The Labute approximate surface area is 215 Å². The molecule has 1 saturated heterocycles. The van der Waals surface area contributed by atoms with Crippen LogP contribution in [0.2, 0.25) is 0 Å². The molecule has 2 N–H and O–H groups in total. The van der Waals surface area contributed by atoms with Crippen LogP contribution in [0.15, 0.2) is 64.7 Å². The van der Waals surface area contributed by atoms with Crippen molar-refractivity contribution in [2.45, 2.75) is 6.54 Å². The van der Waals surface area contributed by atoms with Crippen molar-refractivity contribution in [3.63, 3.8) is 0 Å². The van der Waals surface area contributed by atoms with Crippen molar-refractivity contribution < 1.29 is 42.2 Å². The fraction of sp³-hybridized carbons (Fsp3) is 0.154. The minimum atomic E-state index is -0.678. The molecule has 4 amide bonds. The summed E-state index contributed by atoms with van der Waals surface area (Å²) in [6.45, 7) is -0.548. The zero-order valence-corrected chi connectivity index (χ0v) is 20.3. The molecule has 0 bridgehead atoms. The molecule has 2 aromatic carbocycles. The number of nitrogens with one attached hydrogen (secondary N) is 2. The molecule has 4 rings (SSSR count). The molecule has 12 heteroatoms. The molecule has 0 saturated carbocycles. The predicted octanol–water partition coefficient (Wildman–Crippen LogP) is 3.32. The molecule has 2 heterocycles. The fourth-order valence-electron chi connectivity index (χ4n) is 3.51. The summed E-state index contributed by atoms with van der Waals surface area (Å²) in [5.41, 5.74) is 0.815. The van der Waals surface area contributed by atoms with Crippen molar-refractivity contribution in [2.75, 3.05) is 26.1 Å². The first-order valence-corrected chi connectivity index (χ1v) is 11.1. The number of nitrogens with zero attached hydrogens (tertiary/aromatic N) is 1. The van der Waals surface area contributed by atoms with Gasteiger partial charge in [-0.1, -0.05) is 12.1 Å². The van der Waals surface area contributed by atoms with E-state index in [9.17, 15) is 23.6 Å². The quantitative estimate of drug-likeness (QED) is 0.248. The van der Waals surface area contributed by atoms with Gasteiger partial charge in [0.25, 0.3) is 11.8 Å². The number of carbonyl (C=O) groups is 4. The van der Waals surface area contributed by atoms with Gasteiger partial charge in [0.15, 0.2) is 18.1 Å². The van der Waals surface area contributed by atoms with Crippen LogP contribution >= 0.6 is 0 Å². The number of benzene rings is 2. The van der Waals surface area contributed by atoms with E-state index in [1.165, 1.54) is 56.7 Å². The molecule has 196 valence electrons. The van der Waals surface area contributed by atoms with Crippen LogP contribution < -0.4 is 20.1 Å². The fourth-order valence-corrected chi connectivity index (χ4v) is 3.51. The first-order valence-electron chi connectivity index (χ1n) is 11.1. The zero-order valence-electron chi connectivity index (χ0n) is 20.3. The molecule has 0 radical (unpaired) electrons. The number of amides is 4. The van der Waals surface area contributed by atoms with Crippen LogP contribution in [0.3, 0.4) is 0 Å². The minimum absolute atomic E-state index is 0.0138. The molecular weight excluding hydrogens is 501 g/mol. The monoisotopic (exact) mass is 523 g/mol. The lowest BCUT2D eigenvalue weighted by Gasteiger charge is -2.12. The van der Waals surface area contributed by atoms with E-state index >= 15 is 0 Å². The summed E-state index contributed by atoms with van der Waals surface area (Å²) in [6, 6.07) is 12.4. The van der Waals surface area contributed by atoms with Crippen molar-refractivity contribution in [3.8, 4) is 11.5 Å². The average molecular weight is 523 g/mol. The van der Waals surface area contributed by atoms with Gasteiger partial charge in [0.2, 0.25) is 5.76 Å². The van der Waals surface area contributed by atoms with Gasteiger partial charge in [-0.3, -0.25) is 14.5 Å². The van der Waals surface area contributed by atoms with E-state index < -0.39 is 29.6 Å². The van der Waals surface area contributed by atoms with Crippen LogP contribution in [-0.4, -0.2) is 49.5 Å². The summed E-state index contributed by atoms with van der Waals surface area (Å²) < 4.78 is 34.0. The number of esters is 1. The van der Waals surface area contributed by atoms with E-state index in [1.807, 2.05) is 0 Å². The number of anilines is 1. The van der Waals surface area contributed by atoms with E-state index in [-0.39, 0.29) is 41.9 Å². The van der Waals surface area contributed by atoms with Crippen LogP contribution in [0.25, 0.3) is 6.08 Å². The Balaban J connectivity index is 1.41. The lowest BCUT2D eigenvalue weighted by molar-refractivity contribution is -0.123. The van der Waals surface area contributed by atoms with Gasteiger partial charge in [0, 0.05) is 5.69 Å². The van der Waals surface area contributed by atoms with Crippen LogP contribution in [0.5, 0.6) is 11.5 Å². The highest BCUT2D eigenvalue weighted by atomic mass is 19.1. The Kier molecular flexibility index (Phi) is 7.71. The van der Waals surface area contributed by atoms with E-state index in [4.69, 9.17) is 13.9 Å². The lowest BCUT2D eigenvalue weighted by Crippen LogP contribution is -2.30. The summed E-state index contributed by atoms with van der Waals surface area (Å²) in [5, 5.41) is 5.02. The molecule has 1 aliphatic rings. The normalized spacial score (nSPS) is 13.9. The minimum Gasteiger partial charge on any atom is -0.493 e. The molecule has 0 atom stereocenters. The molecule has 1 fully saturated rings. The number of halogens is 1. The molecule has 11 nitrogen and oxygen atoms in total. The summed E-state index contributed by atoms with van der Waals surface area (Å²) in [6.07, 6.45) is 1.45. The Morgan fingerprint density at radius 2 is 1.89 bits per heavy atom. The van der Waals surface area contributed by atoms with E-state index in [1.54, 1.807) is 18.2 Å². The SMILES string of the molecule is COC(=O)c1ccc(CN2C(=O)N/C(=C\c3ccc(OCC(=O)Nc4cccc(F)c4)c(OC)c3)C2=O)o1. The third kappa shape index (κ3) is 5.98. The number of carbonyl (C=O) groups excluding carboxylic acids is 4. The van der Waals surface area contributed by atoms with Crippen molar-refractivity contribution in [1.29, 1.82) is 0 Å². The summed E-state index contributed by atoms with van der Waals surface area (Å²) in [5.74, 6) is -1.56. The van der Waals surface area contributed by atoms with E-state index in [0.29, 0.717) is 11.3 Å². The number of methoxy groups -OCH3 is 2. The summed E-state index contributed by atoms with van der Waals surface area (Å²) in [7, 11) is 2.61. The second kappa shape index (κ2) is 11.3. The van der Waals surface area contributed by atoms with E-state index in [0.717, 1.165) is 4.90 Å². The highest BCUT2D eigenvalue weighted by molar-refractivity contribution is 6.13. The molecule has 0 aliphatic carbocycles. The van der Waals surface area contributed by atoms with Gasteiger partial charge in [-0.25, -0.2) is 14.0 Å². The predicted molar refractivity (Wildman–Crippen MR) is 131 cm³/mol. The number of hydrogen-bond donors (Lipinski definition) is 2. The highest BCUT2D eigenvalue weighted by Crippen LogP contribution is 2.29. The number of ether oxygens (including phenoxy) is 3. The van der Waals surface area contributed by atoms with Gasteiger partial charge in [0.05, 0.1) is 20.8 Å². The summed E-state index contributed by atoms with van der Waals surface area (Å²) in [4.78, 5) is 49.8. The smallest absolute Gasteiger partial charge is 0.373 e. The first kappa shape index (κ1) is 25.9. The molecule has 1 aromatic heterocycles. The zero-order chi connectivity index (χ0) is 27.2. The van der Waals surface area contributed by atoms with Crippen molar-refractivity contribution >= 4 is 35.6 Å². The van der Waals surface area contributed by atoms with Gasteiger partial charge in [-0.2, -0.15) is 0 Å². The Morgan fingerprint density at radius 3 is 2.63 bits per heavy atom. The third-order valence-corrected chi connectivity index (χ3v) is 5.29. The second-order valence-electron chi connectivity index (χ2n) is 7.89. The van der Waals surface area contributed by atoms with Crippen LogP contribution in [0.1, 0.15) is 21.9 Å². The van der Waals surface area contributed by atoms with Gasteiger partial charge in [-0.15, -0.1) is 0 Å². The van der Waals surface area contributed by atoms with Gasteiger partial charge < -0.3 is 29.3 Å². The molecule has 0 unspecified atom stereocenters. The van der Waals surface area contributed by atoms with Crippen molar-refractivity contribution in [3.05, 3.63) is 83.2 Å². The molecular formula is C26H22FN3O8. The number of furan rings is 1. The van der Waals surface area contributed by atoms with Gasteiger partial charge >= 0.3 is 12.0 Å². The molecule has 38 heavy (non-hydrogen) atoms. The number of urea groups is 1. The largest absolute Gasteiger partial charge is 0.493 e. The molecule has 1 aliphatic heterocycles. The van der Waals surface area contributed by atoms with Crippen LogP contribution in [0.4, 0.5) is 14.9 Å².